The Morgan fingerprint density at radius 2 is 1.83 bits per heavy atom. The molecule has 0 saturated heterocycles. The molecule has 0 aliphatic carbocycles. The number of rotatable bonds is 3. The van der Waals surface area contributed by atoms with Gasteiger partial charge in [0.05, 0.1) is 11.2 Å². The molecule has 0 amide bonds. The number of anilines is 4. The molecule has 1 aliphatic heterocycles. The van der Waals surface area contributed by atoms with Gasteiger partial charge in [-0.2, -0.15) is 0 Å². The van der Waals surface area contributed by atoms with Crippen LogP contribution in [0.5, 0.6) is 0 Å². The number of benzene rings is 2. The highest BCUT2D eigenvalue weighted by atomic mass is 15.2. The Morgan fingerprint density at radius 3 is 2.72 bits per heavy atom. The van der Waals surface area contributed by atoms with Crippen LogP contribution in [0.1, 0.15) is 16.8 Å². The molecule has 2 aromatic heterocycles. The highest BCUT2D eigenvalue weighted by Crippen LogP contribution is 2.33. The van der Waals surface area contributed by atoms with E-state index in [2.05, 4.69) is 55.5 Å². The third kappa shape index (κ3) is 3.23. The lowest BCUT2D eigenvalue weighted by molar-refractivity contribution is 0.721. The van der Waals surface area contributed by atoms with Gasteiger partial charge in [0.2, 0.25) is 0 Å². The number of aromatic nitrogens is 3. The summed E-state index contributed by atoms with van der Waals surface area (Å²) in [6.45, 7) is 3.67. The van der Waals surface area contributed by atoms with Crippen molar-refractivity contribution in [1.29, 1.82) is 0 Å². The number of nitrogens with two attached hydrogens (primary N) is 1. The van der Waals surface area contributed by atoms with E-state index in [0.717, 1.165) is 47.6 Å². The summed E-state index contributed by atoms with van der Waals surface area (Å²) in [5.74, 6) is 1.37. The van der Waals surface area contributed by atoms with Crippen molar-refractivity contribution in [1.82, 2.24) is 15.0 Å². The summed E-state index contributed by atoms with van der Waals surface area (Å²) in [4.78, 5) is 15.8. The third-order valence-electron chi connectivity index (χ3n) is 5.41. The predicted octanol–water partition coefficient (Wildman–Crippen LogP) is 4.22. The average Bonchev–Trinajstić information content (AvgIpc) is 2.75. The fourth-order valence-electron chi connectivity index (χ4n) is 3.89. The molecular weight excluding hydrogens is 360 g/mol. The van der Waals surface area contributed by atoms with Crippen molar-refractivity contribution in [2.75, 3.05) is 22.5 Å². The van der Waals surface area contributed by atoms with Gasteiger partial charge in [-0.3, -0.25) is 4.98 Å². The first kappa shape index (κ1) is 17.4. The summed E-state index contributed by atoms with van der Waals surface area (Å²) in [6.07, 6.45) is 2.55. The van der Waals surface area contributed by atoms with Gasteiger partial charge in [0.15, 0.2) is 11.6 Å². The molecule has 4 aromatic rings. The number of hydrogen-bond acceptors (Lipinski definition) is 6. The maximum Gasteiger partial charge on any atom is 0.159 e. The van der Waals surface area contributed by atoms with E-state index in [9.17, 15) is 0 Å². The van der Waals surface area contributed by atoms with Gasteiger partial charge in [-0.05, 0) is 36.6 Å². The van der Waals surface area contributed by atoms with Gasteiger partial charge in [-0.1, -0.05) is 42.5 Å². The van der Waals surface area contributed by atoms with Crippen molar-refractivity contribution in [3.63, 3.8) is 0 Å². The van der Waals surface area contributed by atoms with Crippen molar-refractivity contribution in [3.05, 3.63) is 77.7 Å². The number of fused-ring (bicyclic) bond motifs is 2. The average molecular weight is 382 g/mol. The summed E-state index contributed by atoms with van der Waals surface area (Å²) in [5.41, 5.74) is 12.5. The lowest BCUT2D eigenvalue weighted by atomic mass is 10.00. The number of hydrogen-bond donors (Lipinski definition) is 2. The lowest BCUT2D eigenvalue weighted by Crippen LogP contribution is -2.31. The minimum atomic E-state index is 0.552. The van der Waals surface area contributed by atoms with Crippen LogP contribution < -0.4 is 16.0 Å². The standard InChI is InChI=1S/C23H22N6/c1-15-9-10-17-7-4-8-19(21(17)27-15)28-22-20(24)23(26-14-25-22)29-12-11-16-5-2-3-6-18(16)13-29/h2-10,14H,11-13,24H2,1H3,(H,25,26,28). The van der Waals surface area contributed by atoms with E-state index in [1.807, 2.05) is 31.2 Å². The number of para-hydroxylation sites is 1. The van der Waals surface area contributed by atoms with E-state index in [-0.39, 0.29) is 0 Å². The summed E-state index contributed by atoms with van der Waals surface area (Å²) in [6, 6.07) is 18.7. The molecule has 0 spiro atoms. The number of nitrogens with one attached hydrogen (secondary N) is 1. The lowest BCUT2D eigenvalue weighted by Gasteiger charge is -2.30. The zero-order valence-corrected chi connectivity index (χ0v) is 16.3. The highest BCUT2D eigenvalue weighted by Gasteiger charge is 2.21. The van der Waals surface area contributed by atoms with Gasteiger partial charge in [0.1, 0.15) is 12.0 Å². The number of aryl methyl sites for hydroxylation is 1. The second kappa shape index (κ2) is 7.05. The molecule has 3 heterocycles. The Balaban J connectivity index is 1.49. The van der Waals surface area contributed by atoms with Crippen molar-refractivity contribution in [2.45, 2.75) is 19.9 Å². The molecule has 0 bridgehead atoms. The third-order valence-corrected chi connectivity index (χ3v) is 5.41. The molecule has 29 heavy (non-hydrogen) atoms. The smallest absolute Gasteiger partial charge is 0.159 e. The molecule has 0 fully saturated rings. The molecule has 0 unspecified atom stereocenters. The number of nitrogen functional groups attached to an aromatic ring is 1. The van der Waals surface area contributed by atoms with Crippen LogP contribution in [0.25, 0.3) is 10.9 Å². The van der Waals surface area contributed by atoms with E-state index in [1.165, 1.54) is 11.1 Å². The zero-order chi connectivity index (χ0) is 19.8. The van der Waals surface area contributed by atoms with Crippen LogP contribution in [0.2, 0.25) is 0 Å². The van der Waals surface area contributed by atoms with E-state index in [1.54, 1.807) is 6.33 Å². The van der Waals surface area contributed by atoms with Crippen LogP contribution in [0.15, 0.2) is 60.9 Å². The fraction of sp³-hybridized carbons (Fsp3) is 0.174. The Hall–Kier alpha value is -3.67. The predicted molar refractivity (Wildman–Crippen MR) is 117 cm³/mol. The van der Waals surface area contributed by atoms with Gasteiger partial charge in [-0.25, -0.2) is 9.97 Å². The maximum absolute atomic E-state index is 6.51. The SMILES string of the molecule is Cc1ccc2cccc(Nc3ncnc(N4CCc5ccccc5C4)c3N)c2n1. The van der Waals surface area contributed by atoms with E-state index >= 15 is 0 Å². The molecule has 6 heteroatoms. The van der Waals surface area contributed by atoms with Crippen LogP contribution >= 0.6 is 0 Å². The molecule has 0 atom stereocenters. The molecule has 1 aliphatic rings. The Labute approximate surface area is 169 Å². The number of nitrogens with zero attached hydrogens (tertiary/aromatic N) is 4. The topological polar surface area (TPSA) is 80.0 Å². The highest BCUT2D eigenvalue weighted by molar-refractivity contribution is 5.93. The van der Waals surface area contributed by atoms with Crippen LogP contribution in [0.4, 0.5) is 23.0 Å². The van der Waals surface area contributed by atoms with Crippen LogP contribution in [0.3, 0.4) is 0 Å². The second-order valence-electron chi connectivity index (χ2n) is 7.35. The molecule has 144 valence electrons. The molecule has 0 radical (unpaired) electrons. The fourth-order valence-corrected chi connectivity index (χ4v) is 3.89. The largest absolute Gasteiger partial charge is 0.393 e. The van der Waals surface area contributed by atoms with Crippen molar-refractivity contribution in [2.24, 2.45) is 0 Å². The molecule has 2 aromatic carbocycles. The molecule has 5 rings (SSSR count). The first-order chi connectivity index (χ1) is 14.2. The Morgan fingerprint density at radius 1 is 0.966 bits per heavy atom. The van der Waals surface area contributed by atoms with Crippen LogP contribution in [-0.4, -0.2) is 21.5 Å². The Bertz CT molecular complexity index is 1200. The normalized spacial score (nSPS) is 13.3. The van der Waals surface area contributed by atoms with Gasteiger partial charge >= 0.3 is 0 Å². The van der Waals surface area contributed by atoms with Gasteiger partial charge < -0.3 is 16.0 Å². The monoisotopic (exact) mass is 382 g/mol. The zero-order valence-electron chi connectivity index (χ0n) is 16.3. The second-order valence-corrected chi connectivity index (χ2v) is 7.35. The van der Waals surface area contributed by atoms with E-state index < -0.39 is 0 Å². The van der Waals surface area contributed by atoms with Gasteiger partial charge in [-0.15, -0.1) is 0 Å². The minimum Gasteiger partial charge on any atom is -0.393 e. The van der Waals surface area contributed by atoms with Crippen LogP contribution in [0, 0.1) is 6.92 Å². The summed E-state index contributed by atoms with van der Waals surface area (Å²) < 4.78 is 0. The molecular formula is C23H22N6. The molecule has 0 saturated carbocycles. The van der Waals surface area contributed by atoms with Gasteiger partial charge in [0, 0.05) is 24.2 Å². The first-order valence-electron chi connectivity index (χ1n) is 9.74. The summed E-state index contributed by atoms with van der Waals surface area (Å²) >= 11 is 0. The minimum absolute atomic E-state index is 0.552. The number of pyridine rings is 1. The van der Waals surface area contributed by atoms with E-state index in [0.29, 0.717) is 11.5 Å². The first-order valence-corrected chi connectivity index (χ1v) is 9.74. The van der Waals surface area contributed by atoms with E-state index in [4.69, 9.17) is 5.73 Å². The van der Waals surface area contributed by atoms with Crippen molar-refractivity contribution >= 4 is 33.9 Å². The van der Waals surface area contributed by atoms with Crippen molar-refractivity contribution < 1.29 is 0 Å². The molecule has 3 N–H and O–H groups in total. The Kier molecular flexibility index (Phi) is 4.24. The molecule has 6 nitrogen and oxygen atoms in total. The maximum atomic E-state index is 6.51. The summed E-state index contributed by atoms with van der Waals surface area (Å²) in [5, 5.41) is 4.45. The van der Waals surface area contributed by atoms with Gasteiger partial charge in [0.25, 0.3) is 0 Å². The summed E-state index contributed by atoms with van der Waals surface area (Å²) in [7, 11) is 0. The van der Waals surface area contributed by atoms with Crippen molar-refractivity contribution in [3.8, 4) is 0 Å². The van der Waals surface area contributed by atoms with Crippen LogP contribution in [-0.2, 0) is 13.0 Å². The quantitative estimate of drug-likeness (QED) is 0.552.